The van der Waals surface area contributed by atoms with Gasteiger partial charge in [0.2, 0.25) is 0 Å². The van der Waals surface area contributed by atoms with Gasteiger partial charge < -0.3 is 0 Å². The molecular weight excluding hydrogens is 193 g/mol. The Kier molecular flexibility index (Phi) is 1.74. The maximum absolute atomic E-state index is 12.9. The van der Waals surface area contributed by atoms with Crippen molar-refractivity contribution in [2.45, 2.75) is 5.92 Å². The summed E-state index contributed by atoms with van der Waals surface area (Å²) >= 11 is 0. The van der Waals surface area contributed by atoms with E-state index in [0.29, 0.717) is 0 Å². The van der Waals surface area contributed by atoms with E-state index in [1.165, 1.54) is 24.3 Å². The maximum atomic E-state index is 12.9. The number of alkyl halides is 2. The van der Waals surface area contributed by atoms with Crippen LogP contribution in [0.15, 0.2) is 36.2 Å². The standard InChI is InChI=1S/C10H5F3O/c11-8-7(10(12,13)9(8)14)6-4-2-1-3-5-6/h1-5H. The second kappa shape index (κ2) is 2.70. The predicted octanol–water partition coefficient (Wildman–Crippen LogP) is 2.59. The zero-order chi connectivity index (χ0) is 10.3. The minimum atomic E-state index is -3.66. The summed E-state index contributed by atoms with van der Waals surface area (Å²) in [5.41, 5.74) is -0.752. The van der Waals surface area contributed by atoms with Crippen molar-refractivity contribution in [2.75, 3.05) is 0 Å². The Morgan fingerprint density at radius 1 is 1.07 bits per heavy atom. The van der Waals surface area contributed by atoms with E-state index in [1.807, 2.05) is 0 Å². The highest BCUT2D eigenvalue weighted by molar-refractivity contribution is 6.21. The van der Waals surface area contributed by atoms with Gasteiger partial charge in [-0.25, -0.2) is 4.39 Å². The van der Waals surface area contributed by atoms with Gasteiger partial charge in [-0.2, -0.15) is 8.78 Å². The van der Waals surface area contributed by atoms with Gasteiger partial charge in [0.15, 0.2) is 5.83 Å². The molecule has 0 saturated carbocycles. The van der Waals surface area contributed by atoms with Crippen LogP contribution < -0.4 is 0 Å². The molecule has 1 aliphatic rings. The Hall–Kier alpha value is -1.58. The molecule has 1 aromatic rings. The number of hydrogen-bond acceptors (Lipinski definition) is 1. The van der Waals surface area contributed by atoms with E-state index in [9.17, 15) is 18.0 Å². The van der Waals surface area contributed by atoms with Gasteiger partial charge in [0.1, 0.15) is 0 Å². The lowest BCUT2D eigenvalue weighted by Crippen LogP contribution is -2.40. The van der Waals surface area contributed by atoms with Crippen LogP contribution in [-0.2, 0) is 4.79 Å². The first-order valence-corrected chi connectivity index (χ1v) is 3.93. The molecule has 1 aliphatic carbocycles. The van der Waals surface area contributed by atoms with Crippen molar-refractivity contribution in [2.24, 2.45) is 0 Å². The van der Waals surface area contributed by atoms with Crippen molar-refractivity contribution in [1.29, 1.82) is 0 Å². The van der Waals surface area contributed by atoms with Crippen LogP contribution in [0.2, 0.25) is 0 Å². The topological polar surface area (TPSA) is 17.1 Å². The molecule has 0 fully saturated rings. The van der Waals surface area contributed by atoms with Crippen molar-refractivity contribution in [3.63, 3.8) is 0 Å². The van der Waals surface area contributed by atoms with Gasteiger partial charge >= 0.3 is 5.92 Å². The SMILES string of the molecule is O=C1C(F)=C(c2ccccc2)C1(F)F. The summed E-state index contributed by atoms with van der Waals surface area (Å²) in [5.74, 6) is -6.72. The highest BCUT2D eigenvalue weighted by Gasteiger charge is 2.57. The largest absolute Gasteiger partial charge is 0.340 e. The molecule has 0 radical (unpaired) electrons. The first-order chi connectivity index (χ1) is 6.55. The third-order valence-electron chi connectivity index (χ3n) is 2.08. The van der Waals surface area contributed by atoms with E-state index >= 15 is 0 Å². The van der Waals surface area contributed by atoms with E-state index in [0.717, 1.165) is 0 Å². The predicted molar refractivity (Wildman–Crippen MR) is 44.4 cm³/mol. The monoisotopic (exact) mass is 198 g/mol. The molecule has 0 amide bonds. The summed E-state index contributed by atoms with van der Waals surface area (Å²) < 4.78 is 38.6. The number of Topliss-reactive ketones (excluding diaryl/α,β-unsaturated/α-hetero) is 1. The molecule has 1 nitrogen and oxygen atoms in total. The number of rotatable bonds is 1. The molecule has 14 heavy (non-hydrogen) atoms. The summed E-state index contributed by atoms with van der Waals surface area (Å²) in [6.07, 6.45) is 0. The fourth-order valence-electron chi connectivity index (χ4n) is 1.35. The van der Waals surface area contributed by atoms with Crippen LogP contribution in [-0.4, -0.2) is 11.7 Å². The lowest BCUT2D eigenvalue weighted by atomic mass is 9.85. The molecule has 2 rings (SSSR count). The summed E-state index contributed by atoms with van der Waals surface area (Å²) in [6.45, 7) is 0. The molecule has 0 unspecified atom stereocenters. The van der Waals surface area contributed by atoms with Gasteiger partial charge in [-0.3, -0.25) is 4.79 Å². The molecule has 0 N–H and O–H groups in total. The Morgan fingerprint density at radius 3 is 2.14 bits per heavy atom. The zero-order valence-electron chi connectivity index (χ0n) is 6.93. The Morgan fingerprint density at radius 2 is 1.64 bits per heavy atom. The lowest BCUT2D eigenvalue weighted by Gasteiger charge is -2.26. The molecule has 0 saturated heterocycles. The summed E-state index contributed by atoms with van der Waals surface area (Å²) in [5, 5.41) is 0. The smallest absolute Gasteiger partial charge is 0.284 e. The maximum Gasteiger partial charge on any atom is 0.340 e. The molecule has 0 heterocycles. The number of carbonyl (C=O) groups excluding carboxylic acids is 1. The Balaban J connectivity index is 2.53. The molecule has 1 aromatic carbocycles. The average Bonchev–Trinajstić information content (AvgIpc) is 2.18. The van der Waals surface area contributed by atoms with Gasteiger partial charge in [0.25, 0.3) is 5.78 Å². The van der Waals surface area contributed by atoms with E-state index in [1.54, 1.807) is 6.07 Å². The zero-order valence-corrected chi connectivity index (χ0v) is 6.93. The average molecular weight is 198 g/mol. The van der Waals surface area contributed by atoms with E-state index in [2.05, 4.69) is 0 Å². The highest BCUT2D eigenvalue weighted by atomic mass is 19.3. The van der Waals surface area contributed by atoms with E-state index in [-0.39, 0.29) is 5.56 Å². The minimum absolute atomic E-state index is 0.0506. The van der Waals surface area contributed by atoms with Crippen LogP contribution in [0.1, 0.15) is 5.56 Å². The first-order valence-electron chi connectivity index (χ1n) is 3.93. The van der Waals surface area contributed by atoms with Crippen LogP contribution in [0.4, 0.5) is 13.2 Å². The Labute approximate surface area is 77.9 Å². The molecule has 72 valence electrons. The number of allylic oxidation sites excluding steroid dienone is 2. The molecule has 0 spiro atoms. The van der Waals surface area contributed by atoms with Crippen molar-refractivity contribution in [3.05, 3.63) is 41.7 Å². The van der Waals surface area contributed by atoms with Gasteiger partial charge in [0, 0.05) is 0 Å². The number of hydrogen-bond donors (Lipinski definition) is 0. The van der Waals surface area contributed by atoms with Gasteiger partial charge in [0.05, 0.1) is 5.57 Å². The second-order valence-corrected chi connectivity index (χ2v) is 2.96. The Bertz CT molecular complexity index is 420. The van der Waals surface area contributed by atoms with Gasteiger partial charge in [-0.1, -0.05) is 30.3 Å². The van der Waals surface area contributed by atoms with E-state index in [4.69, 9.17) is 0 Å². The number of ketones is 1. The van der Waals surface area contributed by atoms with Crippen molar-refractivity contribution in [3.8, 4) is 0 Å². The number of halogens is 3. The third-order valence-corrected chi connectivity index (χ3v) is 2.08. The van der Waals surface area contributed by atoms with Gasteiger partial charge in [-0.15, -0.1) is 0 Å². The molecule has 4 heteroatoms. The van der Waals surface area contributed by atoms with Gasteiger partial charge in [-0.05, 0) is 5.56 Å². The quantitative estimate of drug-likeness (QED) is 0.677. The normalized spacial score (nSPS) is 19.5. The van der Waals surface area contributed by atoms with Crippen molar-refractivity contribution < 1.29 is 18.0 Å². The van der Waals surface area contributed by atoms with Crippen LogP contribution in [0.5, 0.6) is 0 Å². The summed E-state index contributed by atoms with van der Waals surface area (Å²) in [6, 6.07) is 7.33. The van der Waals surface area contributed by atoms with Crippen molar-refractivity contribution in [1.82, 2.24) is 0 Å². The van der Waals surface area contributed by atoms with E-state index < -0.39 is 23.1 Å². The van der Waals surface area contributed by atoms with Crippen LogP contribution in [0.3, 0.4) is 0 Å². The van der Waals surface area contributed by atoms with Crippen LogP contribution in [0, 0.1) is 0 Å². The second-order valence-electron chi connectivity index (χ2n) is 2.96. The summed E-state index contributed by atoms with van der Waals surface area (Å²) in [7, 11) is 0. The first kappa shape index (κ1) is 8.99. The molecule has 0 aliphatic heterocycles. The minimum Gasteiger partial charge on any atom is -0.284 e. The summed E-state index contributed by atoms with van der Waals surface area (Å²) in [4.78, 5) is 10.5. The fourth-order valence-corrected chi connectivity index (χ4v) is 1.35. The highest BCUT2D eigenvalue weighted by Crippen LogP contribution is 2.46. The molecule has 0 aromatic heterocycles. The molecular formula is C10H5F3O. The van der Waals surface area contributed by atoms with Crippen molar-refractivity contribution >= 4 is 11.4 Å². The number of benzene rings is 1. The van der Waals surface area contributed by atoms with Crippen LogP contribution >= 0.6 is 0 Å². The molecule has 0 bridgehead atoms. The lowest BCUT2D eigenvalue weighted by molar-refractivity contribution is -0.137. The fraction of sp³-hybridized carbons (Fsp3) is 0.100. The van der Waals surface area contributed by atoms with Crippen LogP contribution in [0.25, 0.3) is 5.57 Å². The number of carbonyl (C=O) groups is 1. The third kappa shape index (κ3) is 0.999. The molecule has 0 atom stereocenters.